The van der Waals surface area contributed by atoms with Crippen LogP contribution in [0.5, 0.6) is 5.75 Å². The van der Waals surface area contributed by atoms with Gasteiger partial charge in [0.1, 0.15) is 5.75 Å². The Balaban J connectivity index is 1.43. The number of piperazine rings is 1. The van der Waals surface area contributed by atoms with Gasteiger partial charge in [-0.3, -0.25) is 9.69 Å². The summed E-state index contributed by atoms with van der Waals surface area (Å²) in [7, 11) is 0. The molecule has 0 unspecified atom stereocenters. The molecule has 1 aliphatic heterocycles. The second-order valence-electron chi connectivity index (χ2n) is 5.98. The molecule has 0 saturated carbocycles. The second-order valence-corrected chi connectivity index (χ2v) is 5.98. The van der Waals surface area contributed by atoms with Gasteiger partial charge in [-0.15, -0.1) is 10.2 Å². The first-order chi connectivity index (χ1) is 11.6. The van der Waals surface area contributed by atoms with Crippen LogP contribution < -0.4 is 4.74 Å². The van der Waals surface area contributed by atoms with Crippen molar-refractivity contribution in [1.29, 1.82) is 0 Å². The predicted octanol–water partition coefficient (Wildman–Crippen LogP) is 1.41. The molecule has 7 nitrogen and oxygen atoms in total. The Morgan fingerprint density at radius 1 is 1.21 bits per heavy atom. The monoisotopic (exact) mass is 330 g/mol. The molecule has 1 aromatic carbocycles. The van der Waals surface area contributed by atoms with Crippen molar-refractivity contribution in [2.24, 2.45) is 0 Å². The summed E-state index contributed by atoms with van der Waals surface area (Å²) in [5, 5.41) is 7.84. The van der Waals surface area contributed by atoms with Crippen molar-refractivity contribution in [3.63, 3.8) is 0 Å². The topological polar surface area (TPSA) is 71.7 Å². The van der Waals surface area contributed by atoms with Gasteiger partial charge < -0.3 is 14.1 Å². The van der Waals surface area contributed by atoms with Gasteiger partial charge in [0.15, 0.2) is 6.61 Å². The lowest BCUT2D eigenvalue weighted by Crippen LogP contribution is -2.49. The van der Waals surface area contributed by atoms with Crippen LogP contribution in [0.3, 0.4) is 0 Å². The van der Waals surface area contributed by atoms with Gasteiger partial charge in [-0.25, -0.2) is 0 Å². The van der Waals surface area contributed by atoms with Crippen molar-refractivity contribution in [1.82, 2.24) is 20.0 Å². The normalized spacial score (nSPS) is 15.5. The van der Waals surface area contributed by atoms with Crippen molar-refractivity contribution < 1.29 is 13.9 Å². The number of aromatic nitrogens is 2. The number of rotatable bonds is 5. The zero-order valence-corrected chi connectivity index (χ0v) is 14.1. The van der Waals surface area contributed by atoms with Gasteiger partial charge in [0, 0.05) is 33.1 Å². The highest BCUT2D eigenvalue weighted by atomic mass is 16.5. The number of benzene rings is 1. The van der Waals surface area contributed by atoms with E-state index in [1.54, 1.807) is 6.92 Å². The fourth-order valence-electron chi connectivity index (χ4n) is 2.69. The molecule has 1 saturated heterocycles. The van der Waals surface area contributed by atoms with Gasteiger partial charge in [0.2, 0.25) is 11.8 Å². The molecule has 1 amide bonds. The van der Waals surface area contributed by atoms with E-state index in [1.807, 2.05) is 36.1 Å². The van der Waals surface area contributed by atoms with Crippen LogP contribution in [0.1, 0.15) is 17.3 Å². The highest BCUT2D eigenvalue weighted by Crippen LogP contribution is 2.13. The van der Waals surface area contributed by atoms with E-state index in [4.69, 9.17) is 9.15 Å². The molecule has 2 heterocycles. The molecule has 0 spiro atoms. The maximum atomic E-state index is 12.3. The van der Waals surface area contributed by atoms with Gasteiger partial charge in [-0.1, -0.05) is 12.1 Å². The van der Waals surface area contributed by atoms with Gasteiger partial charge in [0.05, 0.1) is 6.54 Å². The van der Waals surface area contributed by atoms with E-state index >= 15 is 0 Å². The summed E-state index contributed by atoms with van der Waals surface area (Å²) in [6, 6.07) is 7.72. The molecule has 2 aromatic rings. The number of carbonyl (C=O) groups is 1. The van der Waals surface area contributed by atoms with Gasteiger partial charge in [-0.2, -0.15) is 0 Å². The van der Waals surface area contributed by atoms with E-state index in [0.717, 1.165) is 24.4 Å². The molecule has 1 aromatic heterocycles. The Kier molecular flexibility index (Phi) is 5.10. The number of amides is 1. The van der Waals surface area contributed by atoms with E-state index in [9.17, 15) is 4.79 Å². The minimum Gasteiger partial charge on any atom is -0.484 e. The van der Waals surface area contributed by atoms with Crippen LogP contribution in [0.25, 0.3) is 0 Å². The molecule has 1 aliphatic rings. The molecule has 3 rings (SSSR count). The number of ether oxygens (including phenoxy) is 1. The lowest BCUT2D eigenvalue weighted by Gasteiger charge is -2.33. The number of carbonyl (C=O) groups excluding carboxylic acids is 1. The van der Waals surface area contributed by atoms with E-state index in [2.05, 4.69) is 15.1 Å². The minimum absolute atomic E-state index is 0.0183. The van der Waals surface area contributed by atoms with E-state index < -0.39 is 0 Å². The Bertz CT molecular complexity index is 693. The Labute approximate surface area is 141 Å². The molecule has 0 radical (unpaired) electrons. The first kappa shape index (κ1) is 16.4. The van der Waals surface area contributed by atoms with Crippen LogP contribution in [0.4, 0.5) is 0 Å². The van der Waals surface area contributed by atoms with E-state index in [0.29, 0.717) is 31.4 Å². The fraction of sp³-hybridized carbons (Fsp3) is 0.471. The summed E-state index contributed by atoms with van der Waals surface area (Å²) in [6.45, 7) is 7.43. The summed E-state index contributed by atoms with van der Waals surface area (Å²) < 4.78 is 11.0. The summed E-state index contributed by atoms with van der Waals surface area (Å²) in [4.78, 5) is 16.3. The van der Waals surface area contributed by atoms with Gasteiger partial charge in [0.25, 0.3) is 5.91 Å². The van der Waals surface area contributed by atoms with Crippen molar-refractivity contribution in [3.05, 3.63) is 41.6 Å². The number of hydrogen-bond acceptors (Lipinski definition) is 6. The highest BCUT2D eigenvalue weighted by Gasteiger charge is 2.22. The lowest BCUT2D eigenvalue weighted by atomic mass is 10.2. The van der Waals surface area contributed by atoms with Crippen molar-refractivity contribution in [2.75, 3.05) is 32.8 Å². The molecule has 0 bridgehead atoms. The number of aryl methyl sites for hydroxylation is 2. The zero-order valence-electron chi connectivity index (χ0n) is 14.1. The summed E-state index contributed by atoms with van der Waals surface area (Å²) in [5.41, 5.74) is 1.12. The molecule has 0 N–H and O–H groups in total. The first-order valence-corrected chi connectivity index (χ1v) is 8.09. The maximum Gasteiger partial charge on any atom is 0.260 e. The standard InChI is InChI=1S/C17H22N4O3/c1-13-4-3-5-15(10-13)23-12-17(22)21-8-6-20(7-9-21)11-16-19-18-14(2)24-16/h3-5,10H,6-9,11-12H2,1-2H3. The molecule has 0 aliphatic carbocycles. The van der Waals surface area contributed by atoms with Crippen LogP contribution in [0.15, 0.2) is 28.7 Å². The maximum absolute atomic E-state index is 12.3. The third-order valence-corrected chi connectivity index (χ3v) is 4.00. The molecular weight excluding hydrogens is 308 g/mol. The number of nitrogens with zero attached hydrogens (tertiary/aromatic N) is 4. The third-order valence-electron chi connectivity index (χ3n) is 4.00. The van der Waals surface area contributed by atoms with Gasteiger partial charge >= 0.3 is 0 Å². The SMILES string of the molecule is Cc1cccc(OCC(=O)N2CCN(Cc3nnc(C)o3)CC2)c1. The molecular formula is C17H22N4O3. The first-order valence-electron chi connectivity index (χ1n) is 8.09. The average Bonchev–Trinajstić information content (AvgIpc) is 2.98. The Morgan fingerprint density at radius 2 is 2.00 bits per heavy atom. The van der Waals surface area contributed by atoms with Crippen molar-refractivity contribution in [2.45, 2.75) is 20.4 Å². The molecule has 128 valence electrons. The second kappa shape index (κ2) is 7.44. The lowest BCUT2D eigenvalue weighted by molar-refractivity contribution is -0.135. The van der Waals surface area contributed by atoms with E-state index in [1.165, 1.54) is 0 Å². The average molecular weight is 330 g/mol. The van der Waals surface area contributed by atoms with Crippen molar-refractivity contribution in [3.8, 4) is 5.75 Å². The fourth-order valence-corrected chi connectivity index (χ4v) is 2.69. The molecule has 0 atom stereocenters. The zero-order chi connectivity index (χ0) is 16.9. The Hall–Kier alpha value is -2.41. The van der Waals surface area contributed by atoms with Crippen LogP contribution in [0.2, 0.25) is 0 Å². The number of hydrogen-bond donors (Lipinski definition) is 0. The molecule has 7 heteroatoms. The van der Waals surface area contributed by atoms with E-state index in [-0.39, 0.29) is 12.5 Å². The molecule has 1 fully saturated rings. The van der Waals surface area contributed by atoms with Crippen LogP contribution in [0, 0.1) is 13.8 Å². The largest absolute Gasteiger partial charge is 0.484 e. The summed E-state index contributed by atoms with van der Waals surface area (Å²) in [6.07, 6.45) is 0. The van der Waals surface area contributed by atoms with Crippen LogP contribution in [-0.2, 0) is 11.3 Å². The highest BCUT2D eigenvalue weighted by molar-refractivity contribution is 5.77. The summed E-state index contributed by atoms with van der Waals surface area (Å²) >= 11 is 0. The van der Waals surface area contributed by atoms with Crippen LogP contribution >= 0.6 is 0 Å². The third kappa shape index (κ3) is 4.32. The summed E-state index contributed by atoms with van der Waals surface area (Å²) in [5.74, 6) is 1.95. The van der Waals surface area contributed by atoms with Gasteiger partial charge in [-0.05, 0) is 24.6 Å². The van der Waals surface area contributed by atoms with Crippen molar-refractivity contribution >= 4 is 5.91 Å². The predicted molar refractivity (Wildman–Crippen MR) is 87.6 cm³/mol. The van der Waals surface area contributed by atoms with Crippen LogP contribution in [-0.4, -0.2) is 58.7 Å². The quantitative estimate of drug-likeness (QED) is 0.825. The smallest absolute Gasteiger partial charge is 0.260 e. The minimum atomic E-state index is 0.0183. The Morgan fingerprint density at radius 3 is 2.67 bits per heavy atom. The molecule has 24 heavy (non-hydrogen) atoms.